The third-order valence-electron chi connectivity index (χ3n) is 11.9. The quantitative estimate of drug-likeness (QED) is 0.177. The van der Waals surface area contributed by atoms with Gasteiger partial charge >= 0.3 is 5.97 Å². The average Bonchev–Trinajstić information content (AvgIpc) is 3.65. The maximum atomic E-state index is 16.1. The van der Waals surface area contributed by atoms with Crippen LogP contribution in [0.3, 0.4) is 0 Å². The van der Waals surface area contributed by atoms with Crippen molar-refractivity contribution in [3.05, 3.63) is 87.5 Å². The molecule has 1 aliphatic carbocycles. The molecular weight excluding hydrogens is 686 g/mol. The lowest BCUT2D eigenvalue weighted by Gasteiger charge is -2.33. The van der Waals surface area contributed by atoms with Crippen molar-refractivity contribution in [2.45, 2.75) is 78.5 Å². The van der Waals surface area contributed by atoms with Crippen molar-refractivity contribution in [2.75, 3.05) is 31.5 Å². The number of hydrogen-bond acceptors (Lipinski definition) is 7. The van der Waals surface area contributed by atoms with Gasteiger partial charge in [0.15, 0.2) is 17.5 Å². The fourth-order valence-electron chi connectivity index (χ4n) is 8.77. The number of fused-ring (bicyclic) bond motifs is 2. The Morgan fingerprint density at radius 2 is 1.48 bits per heavy atom. The minimum atomic E-state index is -0.679. The van der Waals surface area contributed by atoms with E-state index in [2.05, 4.69) is 15.1 Å². The molecule has 0 saturated heterocycles. The molecule has 3 N–H and O–H groups in total. The van der Waals surface area contributed by atoms with Crippen LogP contribution in [-0.2, 0) is 44.8 Å². The number of halogens is 1. The van der Waals surface area contributed by atoms with E-state index in [1.165, 1.54) is 0 Å². The molecule has 54 heavy (non-hydrogen) atoms. The van der Waals surface area contributed by atoms with E-state index in [1.54, 1.807) is 13.0 Å². The van der Waals surface area contributed by atoms with Crippen LogP contribution in [0.1, 0.15) is 88.5 Å². The van der Waals surface area contributed by atoms with Crippen molar-refractivity contribution in [1.82, 2.24) is 28.9 Å². The van der Waals surface area contributed by atoms with Crippen LogP contribution in [0.15, 0.2) is 36.4 Å². The summed E-state index contributed by atoms with van der Waals surface area (Å²) in [7, 11) is 3.76. The van der Waals surface area contributed by atoms with Crippen LogP contribution < -0.4 is 5.32 Å². The summed E-state index contributed by atoms with van der Waals surface area (Å²) in [6, 6.07) is 11.7. The molecule has 1 saturated carbocycles. The van der Waals surface area contributed by atoms with E-state index in [0.29, 0.717) is 42.9 Å². The van der Waals surface area contributed by atoms with Gasteiger partial charge in [-0.15, -0.1) is 0 Å². The SMILES string of the molecule is Cc1c(/C=C(\F)c2nc3c(n2C)CCN(C[C@H]2CC[C@H](C(=O)O)CC2)C3)cccc1-c1cccc(NC(=O)c2nc3c(n2C)CCN(C[C@@H](C)O)C3)c1C. The standard InChI is InChI=1S/C42H52FN7O4/c1-25(51)21-49-18-16-38-36(23-49)45-40(48(38)5)41(52)46-34-11-7-10-32(27(34)3)31-9-6-8-30(26(31)2)20-33(43)39-44-35-24-50(19-17-37(35)47(39)4)22-28-12-14-29(15-13-28)42(53)54/h6-11,20,25,28-29,51H,12-19,21-24H2,1-5H3,(H,46,52)(H,53,54)/b33-20-/t25-,28-,29-/m1/s1. The number of nitrogens with zero attached hydrogens (tertiary/aromatic N) is 6. The fraction of sp³-hybridized carbons (Fsp3) is 0.476. The number of nitrogens with one attached hydrogen (secondary N) is 1. The van der Waals surface area contributed by atoms with Crippen molar-refractivity contribution >= 4 is 29.5 Å². The molecule has 1 fully saturated rings. The summed E-state index contributed by atoms with van der Waals surface area (Å²) in [6.07, 6.45) is 6.04. The number of carboxylic acid groups (broad SMARTS) is 1. The lowest BCUT2D eigenvalue weighted by molar-refractivity contribution is -0.143. The minimum absolute atomic E-state index is 0.215. The number of carbonyl (C=O) groups is 2. The van der Waals surface area contributed by atoms with Gasteiger partial charge in [0.2, 0.25) is 0 Å². The van der Waals surface area contributed by atoms with Gasteiger partial charge in [0.1, 0.15) is 0 Å². The number of anilines is 1. The molecule has 0 bridgehead atoms. The van der Waals surface area contributed by atoms with Gasteiger partial charge in [0.05, 0.1) is 23.4 Å². The summed E-state index contributed by atoms with van der Waals surface area (Å²) in [5.74, 6) is -0.413. The Morgan fingerprint density at radius 3 is 2.15 bits per heavy atom. The summed E-state index contributed by atoms with van der Waals surface area (Å²) < 4.78 is 19.9. The molecule has 12 heteroatoms. The highest BCUT2D eigenvalue weighted by molar-refractivity contribution is 6.03. The number of carbonyl (C=O) groups excluding carboxylic acids is 1. The predicted octanol–water partition coefficient (Wildman–Crippen LogP) is 6.15. The van der Waals surface area contributed by atoms with E-state index >= 15 is 4.39 Å². The largest absolute Gasteiger partial charge is 0.481 e. The second-order valence-corrected chi connectivity index (χ2v) is 15.6. The van der Waals surface area contributed by atoms with Crippen molar-refractivity contribution < 1.29 is 24.2 Å². The number of aromatic nitrogens is 4. The van der Waals surface area contributed by atoms with Crippen LogP contribution in [0.5, 0.6) is 0 Å². The van der Waals surface area contributed by atoms with Crippen LogP contribution >= 0.6 is 0 Å². The normalized spacial score (nSPS) is 20.0. The number of aliphatic hydroxyl groups excluding tert-OH is 1. The molecular formula is C42H52FN7O4. The molecule has 2 aliphatic heterocycles. The molecule has 0 spiro atoms. The molecule has 286 valence electrons. The highest BCUT2D eigenvalue weighted by Gasteiger charge is 2.30. The summed E-state index contributed by atoms with van der Waals surface area (Å²) in [4.78, 5) is 39.0. The van der Waals surface area contributed by atoms with E-state index in [0.717, 1.165) is 109 Å². The maximum Gasteiger partial charge on any atom is 0.306 e. The van der Waals surface area contributed by atoms with Crippen molar-refractivity contribution in [3.8, 4) is 11.1 Å². The van der Waals surface area contributed by atoms with Crippen LogP contribution in [0.4, 0.5) is 10.1 Å². The molecule has 4 heterocycles. The maximum absolute atomic E-state index is 16.1. The first-order chi connectivity index (χ1) is 25.9. The number of imidazole rings is 2. The number of benzene rings is 2. The number of rotatable bonds is 10. The summed E-state index contributed by atoms with van der Waals surface area (Å²) in [5, 5.41) is 22.3. The Kier molecular flexibility index (Phi) is 10.9. The number of aliphatic carboxylic acids is 1. The third kappa shape index (κ3) is 7.65. The Balaban J connectivity index is 1.06. The topological polar surface area (TPSA) is 129 Å². The molecule has 2 aromatic carbocycles. The van der Waals surface area contributed by atoms with Crippen LogP contribution in [0.25, 0.3) is 23.0 Å². The number of aliphatic hydroxyl groups is 1. The first-order valence-electron chi connectivity index (χ1n) is 19.2. The highest BCUT2D eigenvalue weighted by atomic mass is 19.1. The lowest BCUT2D eigenvalue weighted by atomic mass is 9.81. The van der Waals surface area contributed by atoms with Crippen molar-refractivity contribution in [3.63, 3.8) is 0 Å². The molecule has 11 nitrogen and oxygen atoms in total. The molecule has 4 aromatic rings. The van der Waals surface area contributed by atoms with Crippen molar-refractivity contribution in [1.29, 1.82) is 0 Å². The van der Waals surface area contributed by atoms with Gasteiger partial charge in [-0.3, -0.25) is 19.4 Å². The summed E-state index contributed by atoms with van der Waals surface area (Å²) in [5.41, 5.74) is 9.02. The van der Waals surface area contributed by atoms with Crippen LogP contribution in [0, 0.1) is 25.7 Å². The molecule has 0 unspecified atom stereocenters. The van der Waals surface area contributed by atoms with Gasteiger partial charge in [-0.05, 0) is 92.3 Å². The predicted molar refractivity (Wildman–Crippen MR) is 207 cm³/mol. The van der Waals surface area contributed by atoms with E-state index in [-0.39, 0.29) is 11.8 Å². The number of β-amino-alcohol motifs (C(OH)–C–C–N with tert-alkyl or cyclic N) is 1. The lowest BCUT2D eigenvalue weighted by Crippen LogP contribution is -2.36. The number of amides is 1. The summed E-state index contributed by atoms with van der Waals surface area (Å²) >= 11 is 0. The van der Waals surface area contributed by atoms with Gasteiger partial charge in [0, 0.05) is 83.3 Å². The number of hydrogen-bond donors (Lipinski definition) is 3. The van der Waals surface area contributed by atoms with Crippen LogP contribution in [0.2, 0.25) is 0 Å². The molecule has 3 aliphatic rings. The average molecular weight is 738 g/mol. The van der Waals surface area contributed by atoms with E-state index in [1.807, 2.05) is 73.5 Å². The highest BCUT2D eigenvalue weighted by Crippen LogP contribution is 2.35. The Morgan fingerprint density at radius 1 is 0.889 bits per heavy atom. The third-order valence-corrected chi connectivity index (χ3v) is 11.9. The van der Waals surface area contributed by atoms with Gasteiger partial charge < -0.3 is 24.7 Å². The first-order valence-corrected chi connectivity index (χ1v) is 19.2. The monoisotopic (exact) mass is 737 g/mol. The zero-order chi connectivity index (χ0) is 38.3. The first kappa shape index (κ1) is 37.7. The number of carboxylic acids is 1. The second kappa shape index (κ2) is 15.6. The van der Waals surface area contributed by atoms with E-state index in [9.17, 15) is 19.8 Å². The van der Waals surface area contributed by atoms with E-state index in [4.69, 9.17) is 9.97 Å². The van der Waals surface area contributed by atoms with Gasteiger partial charge in [-0.2, -0.15) is 0 Å². The molecule has 1 atom stereocenters. The minimum Gasteiger partial charge on any atom is -0.481 e. The zero-order valence-corrected chi connectivity index (χ0v) is 32.0. The molecule has 2 aromatic heterocycles. The molecule has 0 radical (unpaired) electrons. The fourth-order valence-corrected chi connectivity index (χ4v) is 8.77. The Bertz CT molecular complexity index is 2090. The molecule has 7 rings (SSSR count). The van der Waals surface area contributed by atoms with Gasteiger partial charge in [-0.25, -0.2) is 14.4 Å². The van der Waals surface area contributed by atoms with Gasteiger partial charge in [0.25, 0.3) is 5.91 Å². The zero-order valence-electron chi connectivity index (χ0n) is 32.0. The smallest absolute Gasteiger partial charge is 0.306 e. The van der Waals surface area contributed by atoms with Crippen LogP contribution in [-0.4, -0.2) is 83.3 Å². The van der Waals surface area contributed by atoms with Gasteiger partial charge in [-0.1, -0.05) is 30.3 Å². The Labute approximate surface area is 316 Å². The van der Waals surface area contributed by atoms with Crippen molar-refractivity contribution in [2.24, 2.45) is 25.9 Å². The Hall–Kier alpha value is -4.65. The molecule has 1 amide bonds. The summed E-state index contributed by atoms with van der Waals surface area (Å²) in [6.45, 7) is 10.2. The second-order valence-electron chi connectivity index (χ2n) is 15.6. The van der Waals surface area contributed by atoms with E-state index < -0.39 is 17.9 Å².